The number of allylic oxidation sites excluding steroid dienone is 2. The van der Waals surface area contributed by atoms with E-state index in [9.17, 15) is 0 Å². The van der Waals surface area contributed by atoms with Crippen molar-refractivity contribution in [2.24, 2.45) is 0 Å². The Kier molecular flexibility index (Phi) is 1.08. The van der Waals surface area contributed by atoms with Gasteiger partial charge in [0.1, 0.15) is 0 Å². The Morgan fingerprint density at radius 1 is 1.08 bits per heavy atom. The highest BCUT2D eigenvalue weighted by atomic mass is 14.4. The van der Waals surface area contributed by atoms with Crippen LogP contribution in [0.5, 0.6) is 0 Å². The molecular weight excluding hydrogens is 144 g/mol. The van der Waals surface area contributed by atoms with Gasteiger partial charge in [0.25, 0.3) is 0 Å². The standard InChI is InChI=1S/C12H12/c1-8-2-5-11-9-3-4-10(7-9)12(11)6-8/h2-6,9-10H,7H2,1H3/t9-,10-/m1/s1. The van der Waals surface area contributed by atoms with Crippen molar-refractivity contribution in [1.82, 2.24) is 0 Å². The molecule has 0 N–H and O–H groups in total. The van der Waals surface area contributed by atoms with Crippen LogP contribution in [0.2, 0.25) is 0 Å². The molecule has 0 amide bonds. The first-order valence-corrected chi connectivity index (χ1v) is 4.63. The molecule has 0 heterocycles. The van der Waals surface area contributed by atoms with Gasteiger partial charge in [0, 0.05) is 11.8 Å². The van der Waals surface area contributed by atoms with Crippen LogP contribution in [0.3, 0.4) is 0 Å². The first kappa shape index (κ1) is 6.47. The molecule has 0 aromatic heterocycles. The zero-order valence-electron chi connectivity index (χ0n) is 7.25. The third kappa shape index (κ3) is 0.677. The van der Waals surface area contributed by atoms with Gasteiger partial charge < -0.3 is 0 Å². The monoisotopic (exact) mass is 156 g/mol. The second kappa shape index (κ2) is 2.01. The lowest BCUT2D eigenvalue weighted by atomic mass is 9.95. The molecule has 3 rings (SSSR count). The van der Waals surface area contributed by atoms with E-state index >= 15 is 0 Å². The van der Waals surface area contributed by atoms with Crippen LogP contribution < -0.4 is 0 Å². The zero-order valence-corrected chi connectivity index (χ0v) is 7.25. The van der Waals surface area contributed by atoms with Crippen molar-refractivity contribution < 1.29 is 0 Å². The summed E-state index contributed by atoms with van der Waals surface area (Å²) in [5.74, 6) is 1.48. The van der Waals surface area contributed by atoms with Crippen molar-refractivity contribution in [1.29, 1.82) is 0 Å². The van der Waals surface area contributed by atoms with Crippen LogP contribution in [-0.4, -0.2) is 0 Å². The molecule has 2 aliphatic rings. The van der Waals surface area contributed by atoms with E-state index in [1.807, 2.05) is 0 Å². The van der Waals surface area contributed by atoms with E-state index in [-0.39, 0.29) is 0 Å². The van der Waals surface area contributed by atoms with Crippen molar-refractivity contribution in [3.63, 3.8) is 0 Å². The van der Waals surface area contributed by atoms with Gasteiger partial charge in [-0.2, -0.15) is 0 Å². The van der Waals surface area contributed by atoms with Gasteiger partial charge >= 0.3 is 0 Å². The molecule has 0 spiro atoms. The third-order valence-corrected chi connectivity index (χ3v) is 3.12. The highest BCUT2D eigenvalue weighted by Gasteiger charge is 2.31. The molecule has 1 aromatic rings. The van der Waals surface area contributed by atoms with Gasteiger partial charge in [0.15, 0.2) is 0 Å². The van der Waals surface area contributed by atoms with Crippen LogP contribution in [0.1, 0.15) is 34.9 Å². The molecule has 0 saturated carbocycles. The van der Waals surface area contributed by atoms with E-state index in [4.69, 9.17) is 0 Å². The quantitative estimate of drug-likeness (QED) is 0.506. The van der Waals surface area contributed by atoms with Crippen molar-refractivity contribution in [2.45, 2.75) is 25.2 Å². The van der Waals surface area contributed by atoms with Crippen LogP contribution in [0, 0.1) is 6.92 Å². The van der Waals surface area contributed by atoms with Crippen molar-refractivity contribution in [2.75, 3.05) is 0 Å². The molecule has 0 radical (unpaired) electrons. The van der Waals surface area contributed by atoms with Crippen LogP contribution in [-0.2, 0) is 0 Å². The van der Waals surface area contributed by atoms with Crippen LogP contribution >= 0.6 is 0 Å². The molecule has 60 valence electrons. The zero-order chi connectivity index (χ0) is 8.13. The van der Waals surface area contributed by atoms with Gasteiger partial charge in [-0.15, -0.1) is 0 Å². The Hall–Kier alpha value is -1.04. The van der Waals surface area contributed by atoms with Crippen LogP contribution in [0.4, 0.5) is 0 Å². The number of benzene rings is 1. The van der Waals surface area contributed by atoms with Gasteiger partial charge in [0.2, 0.25) is 0 Å². The summed E-state index contributed by atoms with van der Waals surface area (Å²) in [7, 11) is 0. The van der Waals surface area contributed by atoms with Crippen molar-refractivity contribution in [3.8, 4) is 0 Å². The number of hydrogen-bond acceptors (Lipinski definition) is 0. The van der Waals surface area contributed by atoms with E-state index in [0.29, 0.717) is 0 Å². The van der Waals surface area contributed by atoms with Gasteiger partial charge in [-0.3, -0.25) is 0 Å². The second-order valence-corrected chi connectivity index (χ2v) is 3.97. The minimum absolute atomic E-state index is 0.741. The van der Waals surface area contributed by atoms with Gasteiger partial charge in [-0.1, -0.05) is 35.9 Å². The second-order valence-electron chi connectivity index (χ2n) is 3.97. The van der Waals surface area contributed by atoms with E-state index in [1.165, 1.54) is 12.0 Å². The van der Waals surface area contributed by atoms with Gasteiger partial charge in [-0.05, 0) is 24.5 Å². The first-order valence-electron chi connectivity index (χ1n) is 4.63. The molecule has 0 nitrogen and oxygen atoms in total. The fraction of sp³-hybridized carbons (Fsp3) is 0.333. The average Bonchev–Trinajstić information content (AvgIpc) is 2.63. The van der Waals surface area contributed by atoms with E-state index in [0.717, 1.165) is 11.8 Å². The summed E-state index contributed by atoms with van der Waals surface area (Å²) in [6.07, 6.45) is 6.06. The SMILES string of the molecule is Cc1ccc2c(c1)[C@@H]1C=C[C@@H]2C1. The lowest BCUT2D eigenvalue weighted by Crippen LogP contribution is -1.92. The molecule has 0 aliphatic heterocycles. The minimum atomic E-state index is 0.741. The molecular formula is C12H12. The summed E-state index contributed by atoms with van der Waals surface area (Å²) in [5, 5.41) is 0. The highest BCUT2D eigenvalue weighted by Crippen LogP contribution is 2.48. The Labute approximate surface area is 72.9 Å². The number of hydrogen-bond donors (Lipinski definition) is 0. The molecule has 0 unspecified atom stereocenters. The van der Waals surface area contributed by atoms with Crippen molar-refractivity contribution in [3.05, 3.63) is 47.0 Å². The maximum atomic E-state index is 2.37. The molecule has 2 aliphatic carbocycles. The Morgan fingerprint density at radius 2 is 1.83 bits per heavy atom. The molecule has 2 atom stereocenters. The summed E-state index contributed by atoms with van der Waals surface area (Å²) in [6.45, 7) is 2.18. The number of rotatable bonds is 0. The van der Waals surface area contributed by atoms with E-state index in [2.05, 4.69) is 37.3 Å². The molecule has 0 fully saturated rings. The summed E-state index contributed by atoms with van der Waals surface area (Å²) >= 11 is 0. The van der Waals surface area contributed by atoms with E-state index in [1.54, 1.807) is 11.1 Å². The molecule has 0 saturated heterocycles. The topological polar surface area (TPSA) is 0 Å². The molecule has 0 heteroatoms. The molecule has 12 heavy (non-hydrogen) atoms. The third-order valence-electron chi connectivity index (χ3n) is 3.12. The Morgan fingerprint density at radius 3 is 2.67 bits per heavy atom. The van der Waals surface area contributed by atoms with E-state index < -0.39 is 0 Å². The minimum Gasteiger partial charge on any atom is -0.0804 e. The normalized spacial score (nSPS) is 29.4. The van der Waals surface area contributed by atoms with Crippen LogP contribution in [0.25, 0.3) is 0 Å². The molecule has 1 aromatic carbocycles. The fourth-order valence-corrected chi connectivity index (χ4v) is 2.51. The largest absolute Gasteiger partial charge is 0.0804 e. The predicted octanol–water partition coefficient (Wildman–Crippen LogP) is 3.14. The highest BCUT2D eigenvalue weighted by molar-refractivity contribution is 5.48. The Bertz CT molecular complexity index is 360. The number of fused-ring (bicyclic) bond motifs is 5. The Balaban J connectivity index is 2.24. The summed E-state index contributed by atoms with van der Waals surface area (Å²) in [4.78, 5) is 0. The predicted molar refractivity (Wildman–Crippen MR) is 50.4 cm³/mol. The lowest BCUT2D eigenvalue weighted by molar-refractivity contribution is 0.804. The first-order chi connectivity index (χ1) is 5.84. The van der Waals surface area contributed by atoms with Gasteiger partial charge in [0.05, 0.1) is 0 Å². The average molecular weight is 156 g/mol. The maximum Gasteiger partial charge on any atom is 0.00300 e. The van der Waals surface area contributed by atoms with Crippen molar-refractivity contribution >= 4 is 0 Å². The smallest absolute Gasteiger partial charge is 0.00300 e. The summed E-state index contributed by atoms with van der Waals surface area (Å²) < 4.78 is 0. The van der Waals surface area contributed by atoms with Crippen LogP contribution in [0.15, 0.2) is 30.4 Å². The molecule has 2 bridgehead atoms. The summed E-state index contributed by atoms with van der Waals surface area (Å²) in [6, 6.07) is 6.88. The van der Waals surface area contributed by atoms with Gasteiger partial charge in [-0.25, -0.2) is 0 Å². The fourth-order valence-electron chi connectivity index (χ4n) is 2.51. The number of aryl methyl sites for hydroxylation is 1. The maximum absolute atomic E-state index is 2.37. The lowest BCUT2D eigenvalue weighted by Gasteiger charge is -2.10. The summed E-state index contributed by atoms with van der Waals surface area (Å²) in [5.41, 5.74) is 4.56.